The molecule has 0 saturated heterocycles. The molecule has 2 rings (SSSR count). The Morgan fingerprint density at radius 3 is 2.76 bits per heavy atom. The van der Waals surface area contributed by atoms with E-state index in [0.717, 1.165) is 23.1 Å². The number of aromatic amines is 1. The van der Waals surface area contributed by atoms with Crippen LogP contribution >= 0.6 is 23.1 Å². The van der Waals surface area contributed by atoms with Crippen LogP contribution in [-0.4, -0.2) is 39.7 Å². The zero-order valence-corrected chi connectivity index (χ0v) is 15.8. The fraction of sp³-hybridized carbons (Fsp3) is 0.400. The number of carbonyl (C=O) groups excluding carboxylic acids is 2. The molecule has 0 unspecified atom stereocenters. The molecular weight excluding hydrogens is 364 g/mol. The van der Waals surface area contributed by atoms with Crippen LogP contribution in [0.5, 0.6) is 0 Å². The summed E-state index contributed by atoms with van der Waals surface area (Å²) >= 11 is 2.17. The van der Waals surface area contributed by atoms with Gasteiger partial charge < -0.3 is 15.0 Å². The fourth-order valence-electron chi connectivity index (χ4n) is 1.84. The first-order valence-corrected chi connectivity index (χ1v) is 9.20. The standard InChI is InChI=1S/C15H18N4O4S2/c1-7(2)9-5-10(20)18-14(17-9)24-6-11(21)19-15-16-8(3)12(25-15)13(22)23-4/h5,7H,6H2,1-4H3,(H,16,19,21)(H,17,18,20). The lowest BCUT2D eigenvalue weighted by Crippen LogP contribution is -2.16. The molecule has 0 aliphatic rings. The summed E-state index contributed by atoms with van der Waals surface area (Å²) < 4.78 is 4.66. The molecule has 0 saturated carbocycles. The van der Waals surface area contributed by atoms with Crippen molar-refractivity contribution in [1.82, 2.24) is 15.0 Å². The molecule has 2 aromatic heterocycles. The van der Waals surface area contributed by atoms with Crippen LogP contribution in [0, 0.1) is 6.92 Å². The summed E-state index contributed by atoms with van der Waals surface area (Å²) in [5.74, 6) is -0.633. The number of hydrogen-bond acceptors (Lipinski definition) is 8. The van der Waals surface area contributed by atoms with Crippen molar-refractivity contribution in [3.05, 3.63) is 32.7 Å². The van der Waals surface area contributed by atoms with E-state index in [4.69, 9.17) is 0 Å². The highest BCUT2D eigenvalue weighted by Crippen LogP contribution is 2.23. The summed E-state index contributed by atoms with van der Waals surface area (Å²) in [6.45, 7) is 5.54. The van der Waals surface area contributed by atoms with Gasteiger partial charge in [0.05, 0.1) is 24.3 Å². The maximum atomic E-state index is 12.0. The molecule has 0 aliphatic heterocycles. The van der Waals surface area contributed by atoms with Gasteiger partial charge in [0, 0.05) is 6.07 Å². The minimum Gasteiger partial charge on any atom is -0.465 e. The summed E-state index contributed by atoms with van der Waals surface area (Å²) in [7, 11) is 1.29. The van der Waals surface area contributed by atoms with E-state index in [0.29, 0.717) is 26.6 Å². The Balaban J connectivity index is 2.00. The lowest BCUT2D eigenvalue weighted by molar-refractivity contribution is -0.113. The van der Waals surface area contributed by atoms with Gasteiger partial charge >= 0.3 is 5.97 Å². The average Bonchev–Trinajstić information content (AvgIpc) is 2.92. The molecule has 2 N–H and O–H groups in total. The van der Waals surface area contributed by atoms with Gasteiger partial charge in [0.2, 0.25) is 5.91 Å². The normalized spacial score (nSPS) is 10.8. The molecule has 0 radical (unpaired) electrons. The van der Waals surface area contributed by atoms with Gasteiger partial charge in [0.1, 0.15) is 4.88 Å². The molecule has 0 aromatic carbocycles. The van der Waals surface area contributed by atoms with Crippen LogP contribution < -0.4 is 10.9 Å². The average molecular weight is 382 g/mol. The minimum absolute atomic E-state index is 0.0523. The third kappa shape index (κ3) is 5.13. The zero-order chi connectivity index (χ0) is 18.6. The number of rotatable bonds is 6. The fourth-order valence-corrected chi connectivity index (χ4v) is 3.42. The maximum absolute atomic E-state index is 12.0. The van der Waals surface area contributed by atoms with Crippen molar-refractivity contribution in [2.45, 2.75) is 31.8 Å². The number of carbonyl (C=O) groups is 2. The number of H-pyrrole nitrogens is 1. The number of thiazole rings is 1. The van der Waals surface area contributed by atoms with Gasteiger partial charge in [0.15, 0.2) is 10.3 Å². The number of amides is 1. The van der Waals surface area contributed by atoms with Crippen molar-refractivity contribution in [2.75, 3.05) is 18.2 Å². The second kappa shape index (κ2) is 8.26. The highest BCUT2D eigenvalue weighted by atomic mass is 32.2. The Kier molecular flexibility index (Phi) is 6.32. The molecule has 8 nitrogen and oxygen atoms in total. The van der Waals surface area contributed by atoms with Crippen LogP contribution in [0.2, 0.25) is 0 Å². The largest absolute Gasteiger partial charge is 0.465 e. The Bertz CT molecular complexity index is 844. The molecule has 10 heteroatoms. The first kappa shape index (κ1) is 19.1. The molecule has 0 aliphatic carbocycles. The van der Waals surface area contributed by atoms with Crippen LogP contribution in [-0.2, 0) is 9.53 Å². The molecule has 0 fully saturated rings. The van der Waals surface area contributed by atoms with Gasteiger partial charge in [-0.15, -0.1) is 0 Å². The zero-order valence-electron chi connectivity index (χ0n) is 14.2. The number of nitrogens with one attached hydrogen (secondary N) is 2. The third-order valence-electron chi connectivity index (χ3n) is 3.09. The van der Waals surface area contributed by atoms with E-state index in [2.05, 4.69) is 25.0 Å². The van der Waals surface area contributed by atoms with Gasteiger partial charge in [-0.2, -0.15) is 0 Å². The van der Waals surface area contributed by atoms with E-state index in [1.54, 1.807) is 6.92 Å². The van der Waals surface area contributed by atoms with Crippen molar-refractivity contribution in [1.29, 1.82) is 0 Å². The van der Waals surface area contributed by atoms with Crippen LogP contribution in [0.4, 0.5) is 5.13 Å². The van der Waals surface area contributed by atoms with Gasteiger partial charge in [-0.05, 0) is 12.8 Å². The van der Waals surface area contributed by atoms with E-state index in [-0.39, 0.29) is 23.1 Å². The molecule has 0 atom stereocenters. The van der Waals surface area contributed by atoms with Gasteiger partial charge in [0.25, 0.3) is 5.56 Å². The van der Waals surface area contributed by atoms with Crippen molar-refractivity contribution >= 4 is 40.1 Å². The number of ether oxygens (including phenoxy) is 1. The number of hydrogen-bond donors (Lipinski definition) is 2. The molecule has 134 valence electrons. The Morgan fingerprint density at radius 2 is 2.12 bits per heavy atom. The van der Waals surface area contributed by atoms with Gasteiger partial charge in [-0.1, -0.05) is 36.9 Å². The first-order valence-electron chi connectivity index (χ1n) is 7.39. The smallest absolute Gasteiger partial charge is 0.350 e. The van der Waals surface area contributed by atoms with E-state index in [9.17, 15) is 14.4 Å². The Hall–Kier alpha value is -2.20. The number of aromatic nitrogens is 3. The molecule has 2 heterocycles. The van der Waals surface area contributed by atoms with Crippen molar-refractivity contribution < 1.29 is 14.3 Å². The third-order valence-corrected chi connectivity index (χ3v) is 5.01. The lowest BCUT2D eigenvalue weighted by Gasteiger charge is -2.06. The molecular formula is C15H18N4O4S2. The monoisotopic (exact) mass is 382 g/mol. The quantitative estimate of drug-likeness (QED) is 0.447. The summed E-state index contributed by atoms with van der Waals surface area (Å²) in [4.78, 5) is 46.6. The topological polar surface area (TPSA) is 114 Å². The second-order valence-corrected chi connectivity index (χ2v) is 7.36. The number of methoxy groups -OCH3 is 1. The van der Waals surface area contributed by atoms with E-state index in [1.807, 2.05) is 13.8 Å². The molecule has 0 bridgehead atoms. The number of nitrogens with zero attached hydrogens (tertiary/aromatic N) is 2. The van der Waals surface area contributed by atoms with E-state index in [1.165, 1.54) is 13.2 Å². The number of anilines is 1. The lowest BCUT2D eigenvalue weighted by atomic mass is 10.1. The van der Waals surface area contributed by atoms with Crippen molar-refractivity contribution in [2.24, 2.45) is 0 Å². The Labute approximate surface area is 152 Å². The Morgan fingerprint density at radius 1 is 1.40 bits per heavy atom. The summed E-state index contributed by atoms with van der Waals surface area (Å²) in [5.41, 5.74) is 0.917. The highest BCUT2D eigenvalue weighted by Gasteiger charge is 2.17. The summed E-state index contributed by atoms with van der Waals surface area (Å²) in [6.07, 6.45) is 0. The number of esters is 1. The summed E-state index contributed by atoms with van der Waals surface area (Å²) in [6, 6.07) is 1.45. The number of aryl methyl sites for hydroxylation is 1. The number of thioether (sulfide) groups is 1. The van der Waals surface area contributed by atoms with Crippen molar-refractivity contribution in [3.8, 4) is 0 Å². The van der Waals surface area contributed by atoms with Crippen LogP contribution in [0.1, 0.15) is 40.8 Å². The highest BCUT2D eigenvalue weighted by molar-refractivity contribution is 7.99. The van der Waals surface area contributed by atoms with Crippen LogP contribution in [0.15, 0.2) is 16.0 Å². The summed E-state index contributed by atoms with van der Waals surface area (Å²) in [5, 5.41) is 3.33. The van der Waals surface area contributed by atoms with Gasteiger partial charge in [-0.25, -0.2) is 14.8 Å². The first-order chi connectivity index (χ1) is 11.8. The van der Waals surface area contributed by atoms with Gasteiger partial charge in [-0.3, -0.25) is 9.59 Å². The predicted octanol–water partition coefficient (Wildman–Crippen LogP) is 2.18. The van der Waals surface area contributed by atoms with Crippen LogP contribution in [0.3, 0.4) is 0 Å². The maximum Gasteiger partial charge on any atom is 0.350 e. The second-order valence-electron chi connectivity index (χ2n) is 5.39. The predicted molar refractivity (Wildman–Crippen MR) is 96.5 cm³/mol. The van der Waals surface area contributed by atoms with E-state index >= 15 is 0 Å². The molecule has 1 amide bonds. The SMILES string of the molecule is COC(=O)c1sc(NC(=O)CSc2nc(C(C)C)cc(=O)[nH]2)nc1C. The van der Waals surface area contributed by atoms with Crippen molar-refractivity contribution in [3.63, 3.8) is 0 Å². The van der Waals surface area contributed by atoms with Crippen LogP contribution in [0.25, 0.3) is 0 Å². The molecule has 0 spiro atoms. The molecule has 2 aromatic rings. The van der Waals surface area contributed by atoms with E-state index < -0.39 is 5.97 Å². The minimum atomic E-state index is -0.489. The molecule has 25 heavy (non-hydrogen) atoms.